The number of aromatic amines is 1. The number of halogens is 1. The van der Waals surface area contributed by atoms with E-state index in [0.29, 0.717) is 23.5 Å². The Labute approximate surface area is 126 Å². The first kappa shape index (κ1) is 17.6. The maximum atomic E-state index is 14.0. The molecule has 0 saturated carbocycles. The number of aromatic nitrogens is 2. The lowest BCUT2D eigenvalue weighted by atomic mass is 9.80. The number of nitrogens with zero attached hydrogens (tertiary/aromatic N) is 1. The van der Waals surface area contributed by atoms with Crippen molar-refractivity contribution in [3.63, 3.8) is 0 Å². The Morgan fingerprint density at radius 2 is 2.00 bits per heavy atom. The first-order valence-electron chi connectivity index (χ1n) is 7.65. The number of aryl methyl sites for hydroxylation is 1. The first-order chi connectivity index (χ1) is 9.73. The maximum Gasteiger partial charge on any atom is 0.258 e. The van der Waals surface area contributed by atoms with Crippen LogP contribution in [-0.4, -0.2) is 15.6 Å². The highest BCUT2D eigenvalue weighted by molar-refractivity contribution is 5.47. The van der Waals surface area contributed by atoms with Crippen molar-refractivity contribution in [3.05, 3.63) is 34.0 Å². The summed E-state index contributed by atoms with van der Waals surface area (Å²) in [6.45, 7) is 12.8. The summed E-state index contributed by atoms with van der Waals surface area (Å²) in [5.74, 6) is 0.893. The van der Waals surface area contributed by atoms with Gasteiger partial charge in [-0.15, -0.1) is 0 Å². The number of hydrogen-bond donors (Lipinski definition) is 1. The van der Waals surface area contributed by atoms with Crippen LogP contribution >= 0.6 is 0 Å². The SMILES string of the molecule is C=Cc1c(C)nc([C@H](CC)C(CC)CC(C)(C)F)[nH]c1=O. The maximum absolute atomic E-state index is 14.0. The van der Waals surface area contributed by atoms with Crippen molar-refractivity contribution in [1.29, 1.82) is 0 Å². The highest BCUT2D eigenvalue weighted by Crippen LogP contribution is 2.35. The van der Waals surface area contributed by atoms with Gasteiger partial charge >= 0.3 is 0 Å². The lowest BCUT2D eigenvalue weighted by Gasteiger charge is -2.28. The van der Waals surface area contributed by atoms with E-state index >= 15 is 0 Å². The summed E-state index contributed by atoms with van der Waals surface area (Å²) in [6, 6.07) is 0. The molecule has 1 aromatic heterocycles. The zero-order valence-electron chi connectivity index (χ0n) is 13.8. The van der Waals surface area contributed by atoms with Gasteiger partial charge in [0.2, 0.25) is 0 Å². The molecule has 3 nitrogen and oxygen atoms in total. The third-order valence-corrected chi connectivity index (χ3v) is 4.00. The van der Waals surface area contributed by atoms with Gasteiger partial charge in [0.25, 0.3) is 5.56 Å². The molecule has 0 spiro atoms. The van der Waals surface area contributed by atoms with Crippen LogP contribution in [0.4, 0.5) is 4.39 Å². The van der Waals surface area contributed by atoms with Crippen LogP contribution in [0.1, 0.15) is 70.0 Å². The summed E-state index contributed by atoms with van der Waals surface area (Å²) in [6.07, 6.45) is 3.67. The van der Waals surface area contributed by atoms with E-state index in [1.807, 2.05) is 6.92 Å². The van der Waals surface area contributed by atoms with Crippen molar-refractivity contribution < 1.29 is 4.39 Å². The predicted octanol–water partition coefficient (Wildman–Crippen LogP) is 4.38. The fourth-order valence-corrected chi connectivity index (χ4v) is 2.98. The van der Waals surface area contributed by atoms with E-state index in [4.69, 9.17) is 0 Å². The van der Waals surface area contributed by atoms with Crippen LogP contribution in [0.25, 0.3) is 6.08 Å². The summed E-state index contributed by atoms with van der Waals surface area (Å²) in [5.41, 5.74) is -0.200. The molecule has 0 aliphatic heterocycles. The molecule has 118 valence electrons. The van der Waals surface area contributed by atoms with E-state index in [2.05, 4.69) is 30.4 Å². The molecule has 0 fully saturated rings. The molecule has 1 unspecified atom stereocenters. The number of alkyl halides is 1. The molecule has 1 heterocycles. The minimum absolute atomic E-state index is 0.0651. The minimum atomic E-state index is -1.22. The van der Waals surface area contributed by atoms with Crippen molar-refractivity contribution in [2.75, 3.05) is 0 Å². The second kappa shape index (κ2) is 7.01. The van der Waals surface area contributed by atoms with Gasteiger partial charge in [0.15, 0.2) is 0 Å². The Hall–Kier alpha value is -1.45. The van der Waals surface area contributed by atoms with Gasteiger partial charge in [0.1, 0.15) is 11.5 Å². The van der Waals surface area contributed by atoms with Gasteiger partial charge in [-0.05, 0) is 39.5 Å². The van der Waals surface area contributed by atoms with Crippen LogP contribution in [0, 0.1) is 12.8 Å². The van der Waals surface area contributed by atoms with Crippen molar-refractivity contribution >= 4 is 6.08 Å². The third kappa shape index (κ3) is 4.51. The zero-order chi connectivity index (χ0) is 16.2. The fourth-order valence-electron chi connectivity index (χ4n) is 2.98. The van der Waals surface area contributed by atoms with Crippen molar-refractivity contribution in [2.24, 2.45) is 5.92 Å². The van der Waals surface area contributed by atoms with Gasteiger partial charge < -0.3 is 4.98 Å². The van der Waals surface area contributed by atoms with Gasteiger partial charge in [-0.2, -0.15) is 0 Å². The number of H-pyrrole nitrogens is 1. The molecule has 0 radical (unpaired) electrons. The Bertz CT molecular complexity index is 543. The normalized spacial score (nSPS) is 14.8. The molecule has 2 atom stereocenters. The van der Waals surface area contributed by atoms with E-state index in [9.17, 15) is 9.18 Å². The molecular formula is C17H27FN2O. The van der Waals surface area contributed by atoms with Crippen LogP contribution in [0.3, 0.4) is 0 Å². The largest absolute Gasteiger partial charge is 0.310 e. The van der Waals surface area contributed by atoms with Crippen LogP contribution < -0.4 is 5.56 Å². The van der Waals surface area contributed by atoms with Crippen LogP contribution in [-0.2, 0) is 0 Å². The monoisotopic (exact) mass is 294 g/mol. The summed E-state index contributed by atoms with van der Waals surface area (Å²) in [4.78, 5) is 19.5. The molecule has 1 N–H and O–H groups in total. The van der Waals surface area contributed by atoms with E-state index in [0.717, 1.165) is 12.8 Å². The summed E-state index contributed by atoms with van der Waals surface area (Å²) >= 11 is 0. The molecule has 4 heteroatoms. The van der Waals surface area contributed by atoms with E-state index < -0.39 is 5.67 Å². The number of hydrogen-bond acceptors (Lipinski definition) is 2. The molecule has 1 rings (SSSR count). The van der Waals surface area contributed by atoms with Crippen LogP contribution in [0.15, 0.2) is 11.4 Å². The van der Waals surface area contributed by atoms with Gasteiger partial charge in [0, 0.05) is 5.92 Å². The molecule has 21 heavy (non-hydrogen) atoms. The Morgan fingerprint density at radius 3 is 2.38 bits per heavy atom. The second-order valence-corrected chi connectivity index (χ2v) is 6.26. The van der Waals surface area contributed by atoms with Crippen LogP contribution in [0.5, 0.6) is 0 Å². The highest BCUT2D eigenvalue weighted by Gasteiger charge is 2.29. The number of nitrogens with one attached hydrogen (secondary N) is 1. The fraction of sp³-hybridized carbons (Fsp3) is 0.647. The summed E-state index contributed by atoms with van der Waals surface area (Å²) in [5, 5.41) is 0. The molecule has 0 saturated heterocycles. The Morgan fingerprint density at radius 1 is 1.38 bits per heavy atom. The van der Waals surface area contributed by atoms with E-state index in [-0.39, 0.29) is 17.4 Å². The molecule has 0 aliphatic carbocycles. The van der Waals surface area contributed by atoms with Gasteiger partial charge in [-0.25, -0.2) is 9.37 Å². The topological polar surface area (TPSA) is 45.8 Å². The summed E-state index contributed by atoms with van der Waals surface area (Å²) < 4.78 is 14.0. The molecule has 0 aromatic carbocycles. The lowest BCUT2D eigenvalue weighted by molar-refractivity contribution is 0.151. The van der Waals surface area contributed by atoms with E-state index in [1.54, 1.807) is 13.8 Å². The minimum Gasteiger partial charge on any atom is -0.310 e. The molecular weight excluding hydrogens is 267 g/mol. The zero-order valence-corrected chi connectivity index (χ0v) is 13.8. The summed E-state index contributed by atoms with van der Waals surface area (Å²) in [7, 11) is 0. The van der Waals surface area contributed by atoms with Gasteiger partial charge in [-0.1, -0.05) is 32.9 Å². The van der Waals surface area contributed by atoms with Crippen molar-refractivity contribution in [3.8, 4) is 0 Å². The van der Waals surface area contributed by atoms with Crippen LogP contribution in [0.2, 0.25) is 0 Å². The Balaban J connectivity index is 3.20. The molecule has 0 amide bonds. The standard InChI is InChI=1S/C17H27FN2O/c1-7-12(10-17(5,6)18)14(9-3)15-19-11(4)13(8-2)16(21)20-15/h8,12,14H,2,7,9-10H2,1,3-6H3,(H,19,20,21)/t12?,14-/m1/s1. The predicted molar refractivity (Wildman–Crippen MR) is 86.3 cm³/mol. The average molecular weight is 294 g/mol. The van der Waals surface area contributed by atoms with Gasteiger partial charge in [-0.3, -0.25) is 4.79 Å². The quantitative estimate of drug-likeness (QED) is 0.811. The number of rotatable bonds is 7. The van der Waals surface area contributed by atoms with Gasteiger partial charge in [0.05, 0.1) is 11.3 Å². The lowest BCUT2D eigenvalue weighted by Crippen LogP contribution is -2.26. The molecule has 1 aromatic rings. The first-order valence-corrected chi connectivity index (χ1v) is 7.65. The second-order valence-electron chi connectivity index (χ2n) is 6.26. The van der Waals surface area contributed by atoms with Crippen molar-refractivity contribution in [2.45, 2.75) is 65.5 Å². The molecule has 0 bridgehead atoms. The van der Waals surface area contributed by atoms with Crippen molar-refractivity contribution in [1.82, 2.24) is 9.97 Å². The third-order valence-electron chi connectivity index (χ3n) is 4.00. The Kier molecular flexibility index (Phi) is 5.87. The van der Waals surface area contributed by atoms with E-state index in [1.165, 1.54) is 6.08 Å². The highest BCUT2D eigenvalue weighted by atomic mass is 19.1. The molecule has 0 aliphatic rings. The smallest absolute Gasteiger partial charge is 0.258 e. The average Bonchev–Trinajstić information content (AvgIpc) is 2.36.